The van der Waals surface area contributed by atoms with Crippen LogP contribution in [0.1, 0.15) is 30.9 Å². The third-order valence-electron chi connectivity index (χ3n) is 6.81. The molecule has 3 N–H and O–H groups in total. The Morgan fingerprint density at radius 2 is 1.92 bits per heavy atom. The Morgan fingerprint density at radius 3 is 2.70 bits per heavy atom. The fourth-order valence-corrected chi connectivity index (χ4v) is 5.13. The Bertz CT molecular complexity index is 1450. The van der Waals surface area contributed by atoms with Crippen molar-refractivity contribution < 1.29 is 9.53 Å². The number of carbonyl (C=O) groups excluding carboxylic acids is 1. The van der Waals surface area contributed by atoms with Crippen LogP contribution in [0.3, 0.4) is 0 Å². The summed E-state index contributed by atoms with van der Waals surface area (Å²) in [6.45, 7) is 3.85. The SMILES string of the molecule is COc1cccc2c1c(Nc1cccc(Cl)c1Cl)nn2Cc1cccc(CNC(=O)[C@]2(C)CCCN2)c1. The highest BCUT2D eigenvalue weighted by Gasteiger charge is 2.35. The lowest BCUT2D eigenvalue weighted by molar-refractivity contribution is -0.126. The van der Waals surface area contributed by atoms with Gasteiger partial charge in [0, 0.05) is 6.54 Å². The molecule has 1 saturated heterocycles. The van der Waals surface area contributed by atoms with Crippen LogP contribution in [-0.4, -0.2) is 34.9 Å². The van der Waals surface area contributed by atoms with Crippen molar-refractivity contribution in [1.82, 2.24) is 20.4 Å². The first-order chi connectivity index (χ1) is 17.9. The summed E-state index contributed by atoms with van der Waals surface area (Å²) in [5.74, 6) is 1.36. The normalized spacial score (nSPS) is 17.2. The van der Waals surface area contributed by atoms with Gasteiger partial charge in [-0.1, -0.05) is 59.6 Å². The second kappa shape index (κ2) is 10.6. The van der Waals surface area contributed by atoms with E-state index < -0.39 is 5.54 Å². The van der Waals surface area contributed by atoms with Crippen molar-refractivity contribution in [3.63, 3.8) is 0 Å². The molecule has 0 saturated carbocycles. The average Bonchev–Trinajstić information content (AvgIpc) is 3.50. The van der Waals surface area contributed by atoms with E-state index in [-0.39, 0.29) is 5.91 Å². The number of anilines is 2. The number of carbonyl (C=O) groups is 1. The van der Waals surface area contributed by atoms with Crippen LogP contribution in [0.5, 0.6) is 5.75 Å². The smallest absolute Gasteiger partial charge is 0.240 e. The number of hydrogen-bond donors (Lipinski definition) is 3. The number of amides is 1. The molecule has 1 amide bonds. The minimum Gasteiger partial charge on any atom is -0.496 e. The largest absolute Gasteiger partial charge is 0.496 e. The Balaban J connectivity index is 1.40. The number of nitrogens with zero attached hydrogens (tertiary/aromatic N) is 2. The van der Waals surface area contributed by atoms with Gasteiger partial charge in [-0.05, 0) is 61.7 Å². The predicted molar refractivity (Wildman–Crippen MR) is 149 cm³/mol. The lowest BCUT2D eigenvalue weighted by Gasteiger charge is -2.23. The molecular formula is C28H29Cl2N5O2. The maximum Gasteiger partial charge on any atom is 0.240 e. The van der Waals surface area contributed by atoms with E-state index in [1.165, 1.54) is 0 Å². The number of hydrogen-bond acceptors (Lipinski definition) is 5. The highest BCUT2D eigenvalue weighted by molar-refractivity contribution is 6.43. The van der Waals surface area contributed by atoms with E-state index in [0.29, 0.717) is 40.4 Å². The number of methoxy groups -OCH3 is 1. The number of aromatic nitrogens is 2. The molecule has 37 heavy (non-hydrogen) atoms. The van der Waals surface area contributed by atoms with Gasteiger partial charge in [0.25, 0.3) is 0 Å². The minimum absolute atomic E-state index is 0.0379. The molecule has 2 heterocycles. The standard InChI is InChI=1S/C28H29Cl2N5O2/c1-28(13-6-14-32-28)27(36)31-16-18-7-3-8-19(15-18)17-35-22-11-5-12-23(37-2)24(22)26(34-35)33-21-10-4-9-20(29)25(21)30/h3-5,7-12,15,32H,6,13-14,16-17H2,1-2H3,(H,31,36)(H,33,34)/t28-/m0/s1. The van der Waals surface area contributed by atoms with E-state index >= 15 is 0 Å². The first kappa shape index (κ1) is 25.4. The monoisotopic (exact) mass is 537 g/mol. The average molecular weight is 538 g/mol. The molecule has 1 aromatic heterocycles. The van der Waals surface area contributed by atoms with Gasteiger partial charge >= 0.3 is 0 Å². The number of benzene rings is 3. The van der Waals surface area contributed by atoms with Crippen molar-refractivity contribution in [3.8, 4) is 5.75 Å². The van der Waals surface area contributed by atoms with Crippen LogP contribution < -0.4 is 20.7 Å². The topological polar surface area (TPSA) is 80.2 Å². The lowest BCUT2D eigenvalue weighted by Crippen LogP contribution is -2.50. The van der Waals surface area contributed by atoms with Crippen LogP contribution >= 0.6 is 23.2 Å². The van der Waals surface area contributed by atoms with Gasteiger partial charge in [0.1, 0.15) is 5.75 Å². The molecule has 7 nitrogen and oxygen atoms in total. The van der Waals surface area contributed by atoms with Crippen LogP contribution in [0.25, 0.3) is 10.9 Å². The fraction of sp³-hybridized carbons (Fsp3) is 0.286. The van der Waals surface area contributed by atoms with Crippen LogP contribution in [0, 0.1) is 0 Å². The molecule has 0 spiro atoms. The number of fused-ring (bicyclic) bond motifs is 1. The summed E-state index contributed by atoms with van der Waals surface area (Å²) in [5.41, 5.74) is 3.19. The van der Waals surface area contributed by atoms with Gasteiger partial charge in [0.05, 0.1) is 45.8 Å². The van der Waals surface area contributed by atoms with Crippen molar-refractivity contribution in [1.29, 1.82) is 0 Å². The Hall–Kier alpha value is -3.26. The second-order valence-electron chi connectivity index (χ2n) is 9.45. The molecule has 3 aromatic carbocycles. The summed E-state index contributed by atoms with van der Waals surface area (Å²) in [6.07, 6.45) is 1.87. The first-order valence-corrected chi connectivity index (χ1v) is 13.0. The maximum absolute atomic E-state index is 12.7. The first-order valence-electron chi connectivity index (χ1n) is 12.2. The van der Waals surface area contributed by atoms with E-state index in [2.05, 4.69) is 28.1 Å². The third-order valence-corrected chi connectivity index (χ3v) is 7.63. The summed E-state index contributed by atoms with van der Waals surface area (Å²) in [5, 5.41) is 16.3. The van der Waals surface area contributed by atoms with Crippen molar-refractivity contribution in [2.24, 2.45) is 0 Å². The molecule has 1 aliphatic heterocycles. The quantitative estimate of drug-likeness (QED) is 0.260. The number of nitrogens with one attached hydrogen (secondary N) is 3. The van der Waals surface area contributed by atoms with Crippen molar-refractivity contribution in [2.45, 2.75) is 38.4 Å². The Kier molecular flexibility index (Phi) is 7.29. The number of halogens is 2. The molecule has 9 heteroatoms. The van der Waals surface area contributed by atoms with E-state index in [1.54, 1.807) is 13.2 Å². The summed E-state index contributed by atoms with van der Waals surface area (Å²) in [7, 11) is 1.64. The van der Waals surface area contributed by atoms with Gasteiger partial charge in [-0.2, -0.15) is 5.10 Å². The summed E-state index contributed by atoms with van der Waals surface area (Å²) in [6, 6.07) is 19.5. The van der Waals surface area contributed by atoms with Crippen LogP contribution in [-0.2, 0) is 17.9 Å². The van der Waals surface area contributed by atoms with Crippen LogP contribution in [0.2, 0.25) is 10.0 Å². The van der Waals surface area contributed by atoms with Crippen molar-refractivity contribution in [3.05, 3.63) is 81.8 Å². The van der Waals surface area contributed by atoms with Gasteiger partial charge in [-0.15, -0.1) is 0 Å². The van der Waals surface area contributed by atoms with Gasteiger partial charge in [0.2, 0.25) is 5.91 Å². The molecule has 0 radical (unpaired) electrons. The molecule has 192 valence electrons. The van der Waals surface area contributed by atoms with Crippen LogP contribution in [0.4, 0.5) is 11.5 Å². The highest BCUT2D eigenvalue weighted by atomic mass is 35.5. The minimum atomic E-state index is -0.486. The zero-order valence-electron chi connectivity index (χ0n) is 20.8. The van der Waals surface area contributed by atoms with Gasteiger partial charge in [-0.25, -0.2) is 0 Å². The zero-order valence-corrected chi connectivity index (χ0v) is 22.3. The molecule has 0 unspecified atom stereocenters. The summed E-state index contributed by atoms with van der Waals surface area (Å²) < 4.78 is 7.58. The molecular weight excluding hydrogens is 509 g/mol. The molecule has 4 aromatic rings. The molecule has 1 aliphatic rings. The second-order valence-corrected chi connectivity index (χ2v) is 10.2. The molecule has 1 fully saturated rings. The number of rotatable bonds is 8. The fourth-order valence-electron chi connectivity index (χ4n) is 4.78. The third kappa shape index (κ3) is 5.25. The molecule has 0 bridgehead atoms. The summed E-state index contributed by atoms with van der Waals surface area (Å²) >= 11 is 12.7. The predicted octanol–water partition coefficient (Wildman–Crippen LogP) is 5.90. The molecule has 0 aliphatic carbocycles. The lowest BCUT2D eigenvalue weighted by atomic mass is 9.99. The van der Waals surface area contributed by atoms with Gasteiger partial charge < -0.3 is 20.7 Å². The van der Waals surface area contributed by atoms with Crippen molar-refractivity contribution >= 4 is 51.5 Å². The van der Waals surface area contributed by atoms with E-state index in [4.69, 9.17) is 33.0 Å². The van der Waals surface area contributed by atoms with Gasteiger partial charge in [-0.3, -0.25) is 9.48 Å². The zero-order chi connectivity index (χ0) is 26.0. The van der Waals surface area contributed by atoms with E-state index in [1.807, 2.05) is 54.1 Å². The highest BCUT2D eigenvalue weighted by Crippen LogP contribution is 2.37. The summed E-state index contributed by atoms with van der Waals surface area (Å²) in [4.78, 5) is 12.7. The van der Waals surface area contributed by atoms with E-state index in [9.17, 15) is 4.79 Å². The maximum atomic E-state index is 12.7. The number of ether oxygens (including phenoxy) is 1. The Labute approximate surface area is 226 Å². The van der Waals surface area contributed by atoms with E-state index in [0.717, 1.165) is 41.4 Å². The molecule has 5 rings (SSSR count). The Morgan fingerprint density at radius 1 is 1.14 bits per heavy atom. The van der Waals surface area contributed by atoms with Crippen molar-refractivity contribution in [2.75, 3.05) is 19.0 Å². The van der Waals surface area contributed by atoms with Gasteiger partial charge in [0.15, 0.2) is 5.82 Å². The van der Waals surface area contributed by atoms with Crippen LogP contribution in [0.15, 0.2) is 60.7 Å². The molecule has 1 atom stereocenters.